The van der Waals surface area contributed by atoms with Gasteiger partial charge in [0.05, 0.1) is 17.6 Å². The summed E-state index contributed by atoms with van der Waals surface area (Å²) in [5, 5.41) is 2.84. The normalized spacial score (nSPS) is 16.2. The lowest BCUT2D eigenvalue weighted by Gasteiger charge is -2.20. The summed E-state index contributed by atoms with van der Waals surface area (Å²) >= 11 is 0. The molecule has 0 spiro atoms. The van der Waals surface area contributed by atoms with Crippen LogP contribution in [0.5, 0.6) is 0 Å². The van der Waals surface area contributed by atoms with Crippen molar-refractivity contribution in [1.82, 2.24) is 0 Å². The van der Waals surface area contributed by atoms with Gasteiger partial charge >= 0.3 is 5.97 Å². The van der Waals surface area contributed by atoms with E-state index in [2.05, 4.69) is 5.32 Å². The number of nitrogens with one attached hydrogen (secondary N) is 1. The summed E-state index contributed by atoms with van der Waals surface area (Å²) in [6.45, 7) is 5.99. The maximum atomic E-state index is 12.7. The minimum absolute atomic E-state index is 0.0437. The molecule has 1 heterocycles. The molecule has 1 aliphatic heterocycles. The first-order valence-electron chi connectivity index (χ1n) is 9.89. The first kappa shape index (κ1) is 20.6. The van der Waals surface area contributed by atoms with Crippen LogP contribution in [-0.4, -0.2) is 30.4 Å². The minimum atomic E-state index is -0.419. The van der Waals surface area contributed by atoms with Gasteiger partial charge in [0.1, 0.15) is 0 Å². The number of carbonyl (C=O) groups is 3. The van der Waals surface area contributed by atoms with E-state index < -0.39 is 11.9 Å². The molecule has 2 aromatic rings. The lowest BCUT2D eigenvalue weighted by molar-refractivity contribution is -0.122. The fourth-order valence-corrected chi connectivity index (χ4v) is 3.41. The molecule has 0 bridgehead atoms. The number of benzene rings is 2. The second-order valence-electron chi connectivity index (χ2n) is 7.41. The summed E-state index contributed by atoms with van der Waals surface area (Å²) < 4.78 is 5.15. The number of rotatable bonds is 6. The molecule has 1 aliphatic rings. The molecule has 0 aliphatic carbocycles. The van der Waals surface area contributed by atoms with Gasteiger partial charge in [-0.1, -0.05) is 25.1 Å². The second-order valence-corrected chi connectivity index (χ2v) is 7.41. The van der Waals surface area contributed by atoms with Gasteiger partial charge in [-0.2, -0.15) is 0 Å². The Balaban J connectivity index is 1.64. The van der Waals surface area contributed by atoms with Crippen LogP contribution in [0.15, 0.2) is 48.5 Å². The molecule has 2 aromatic carbocycles. The van der Waals surface area contributed by atoms with Crippen molar-refractivity contribution in [2.24, 2.45) is 5.92 Å². The second kappa shape index (κ2) is 8.90. The Morgan fingerprint density at radius 2 is 1.83 bits per heavy atom. The van der Waals surface area contributed by atoms with Gasteiger partial charge in [-0.05, 0) is 56.2 Å². The molecule has 6 heteroatoms. The number of hydrogen-bond acceptors (Lipinski definition) is 4. The third-order valence-corrected chi connectivity index (χ3v) is 4.89. The first-order chi connectivity index (χ1) is 13.9. The molecule has 6 nitrogen and oxygen atoms in total. The molecule has 0 saturated carbocycles. The SMILES string of the molecule is CCc1ccccc1N1CC(C(=O)Nc2ccc(C(=O)OC(C)C)cc2)CC1=O. The standard InChI is InChI=1S/C23H26N2O4/c1-4-16-7-5-6-8-20(16)25-14-18(13-21(25)26)22(27)24-19-11-9-17(10-12-19)23(28)29-15(2)3/h5-12,15,18H,4,13-14H2,1-3H3,(H,24,27). The summed E-state index contributed by atoms with van der Waals surface area (Å²) in [5.41, 5.74) is 2.97. The molecule has 3 rings (SSSR count). The third kappa shape index (κ3) is 4.83. The monoisotopic (exact) mass is 394 g/mol. The van der Waals surface area contributed by atoms with Crippen molar-refractivity contribution >= 4 is 29.2 Å². The zero-order valence-corrected chi connectivity index (χ0v) is 17.0. The first-order valence-corrected chi connectivity index (χ1v) is 9.89. The minimum Gasteiger partial charge on any atom is -0.459 e. The molecular formula is C23H26N2O4. The van der Waals surface area contributed by atoms with Crippen molar-refractivity contribution in [2.75, 3.05) is 16.8 Å². The highest BCUT2D eigenvalue weighted by Crippen LogP contribution is 2.29. The van der Waals surface area contributed by atoms with Gasteiger partial charge in [0, 0.05) is 24.3 Å². The maximum absolute atomic E-state index is 12.7. The van der Waals surface area contributed by atoms with E-state index in [-0.39, 0.29) is 24.3 Å². The molecule has 1 fully saturated rings. The average molecular weight is 394 g/mol. The number of esters is 1. The van der Waals surface area contributed by atoms with Crippen molar-refractivity contribution in [3.05, 3.63) is 59.7 Å². The molecule has 0 radical (unpaired) electrons. The van der Waals surface area contributed by atoms with Crippen molar-refractivity contribution in [3.8, 4) is 0 Å². The number of amides is 2. The molecule has 2 amide bonds. The van der Waals surface area contributed by atoms with Crippen LogP contribution in [0.25, 0.3) is 0 Å². The number of aryl methyl sites for hydroxylation is 1. The van der Waals surface area contributed by atoms with E-state index in [1.807, 2.05) is 31.2 Å². The molecule has 1 unspecified atom stereocenters. The number of hydrogen-bond donors (Lipinski definition) is 1. The van der Waals surface area contributed by atoms with Gasteiger partial charge < -0.3 is 15.0 Å². The molecule has 29 heavy (non-hydrogen) atoms. The largest absolute Gasteiger partial charge is 0.459 e. The zero-order chi connectivity index (χ0) is 21.0. The fourth-order valence-electron chi connectivity index (χ4n) is 3.41. The number of ether oxygens (including phenoxy) is 1. The van der Waals surface area contributed by atoms with Crippen molar-refractivity contribution in [3.63, 3.8) is 0 Å². The predicted octanol–water partition coefficient (Wildman–Crippen LogP) is 3.81. The summed E-state index contributed by atoms with van der Waals surface area (Å²) in [6, 6.07) is 14.3. The van der Waals surface area contributed by atoms with Gasteiger partial charge in [0.25, 0.3) is 0 Å². The van der Waals surface area contributed by atoms with Crippen LogP contribution in [-0.2, 0) is 20.7 Å². The smallest absolute Gasteiger partial charge is 0.338 e. The molecular weight excluding hydrogens is 368 g/mol. The molecule has 1 saturated heterocycles. The van der Waals surface area contributed by atoms with Crippen LogP contribution in [0.4, 0.5) is 11.4 Å². The van der Waals surface area contributed by atoms with E-state index in [4.69, 9.17) is 4.74 Å². The van der Waals surface area contributed by atoms with Crippen LogP contribution in [0.3, 0.4) is 0 Å². The van der Waals surface area contributed by atoms with Gasteiger partial charge in [-0.3, -0.25) is 9.59 Å². The lowest BCUT2D eigenvalue weighted by Crippen LogP contribution is -2.28. The van der Waals surface area contributed by atoms with Crippen LogP contribution in [0, 0.1) is 5.92 Å². The van der Waals surface area contributed by atoms with Gasteiger partial charge in [-0.15, -0.1) is 0 Å². The Morgan fingerprint density at radius 1 is 1.14 bits per heavy atom. The van der Waals surface area contributed by atoms with Crippen LogP contribution < -0.4 is 10.2 Å². The van der Waals surface area contributed by atoms with Crippen molar-refractivity contribution in [1.29, 1.82) is 0 Å². The Hall–Kier alpha value is -3.15. The van der Waals surface area contributed by atoms with Gasteiger partial charge in [-0.25, -0.2) is 4.79 Å². The van der Waals surface area contributed by atoms with Crippen LogP contribution in [0.1, 0.15) is 43.1 Å². The van der Waals surface area contributed by atoms with E-state index in [0.29, 0.717) is 17.8 Å². The summed E-state index contributed by atoms with van der Waals surface area (Å²) in [5.74, 6) is -1.06. The Morgan fingerprint density at radius 3 is 2.48 bits per heavy atom. The van der Waals surface area contributed by atoms with Crippen LogP contribution in [0.2, 0.25) is 0 Å². The Kier molecular flexibility index (Phi) is 6.32. The highest BCUT2D eigenvalue weighted by molar-refractivity contribution is 6.04. The third-order valence-electron chi connectivity index (χ3n) is 4.89. The van der Waals surface area contributed by atoms with E-state index >= 15 is 0 Å². The van der Waals surface area contributed by atoms with E-state index in [1.165, 1.54) is 0 Å². The van der Waals surface area contributed by atoms with Gasteiger partial charge in [0.2, 0.25) is 11.8 Å². The van der Waals surface area contributed by atoms with E-state index in [1.54, 1.807) is 43.0 Å². The molecule has 152 valence electrons. The van der Waals surface area contributed by atoms with Gasteiger partial charge in [0.15, 0.2) is 0 Å². The van der Waals surface area contributed by atoms with Crippen molar-refractivity contribution < 1.29 is 19.1 Å². The van der Waals surface area contributed by atoms with E-state index in [0.717, 1.165) is 17.7 Å². The molecule has 0 aromatic heterocycles. The molecule has 1 N–H and O–H groups in total. The average Bonchev–Trinajstić information content (AvgIpc) is 3.09. The van der Waals surface area contributed by atoms with Crippen molar-refractivity contribution in [2.45, 2.75) is 39.7 Å². The number of carbonyl (C=O) groups excluding carboxylic acids is 3. The fraction of sp³-hybridized carbons (Fsp3) is 0.348. The summed E-state index contributed by atoms with van der Waals surface area (Å²) in [6.07, 6.45) is 0.813. The topological polar surface area (TPSA) is 75.7 Å². The maximum Gasteiger partial charge on any atom is 0.338 e. The zero-order valence-electron chi connectivity index (χ0n) is 17.0. The van der Waals surface area contributed by atoms with E-state index in [9.17, 15) is 14.4 Å². The Labute approximate surface area is 170 Å². The molecule has 1 atom stereocenters. The predicted molar refractivity (Wildman–Crippen MR) is 112 cm³/mol. The number of para-hydroxylation sites is 1. The highest BCUT2D eigenvalue weighted by Gasteiger charge is 2.35. The number of anilines is 2. The number of nitrogens with zero attached hydrogens (tertiary/aromatic N) is 1. The summed E-state index contributed by atoms with van der Waals surface area (Å²) in [4.78, 5) is 38.8. The van der Waals surface area contributed by atoms with Crippen LogP contribution >= 0.6 is 0 Å². The lowest BCUT2D eigenvalue weighted by atomic mass is 10.1. The highest BCUT2D eigenvalue weighted by atomic mass is 16.5. The summed E-state index contributed by atoms with van der Waals surface area (Å²) in [7, 11) is 0. The Bertz CT molecular complexity index is 905. The quantitative estimate of drug-likeness (QED) is 0.756.